The lowest BCUT2D eigenvalue weighted by Crippen LogP contribution is -2.37. The number of rotatable bonds is 7. The first-order valence-electron chi connectivity index (χ1n) is 9.52. The molecule has 28 heavy (non-hydrogen) atoms. The Morgan fingerprint density at radius 3 is 2.71 bits per heavy atom. The van der Waals surface area contributed by atoms with E-state index in [1.54, 1.807) is 18.4 Å². The summed E-state index contributed by atoms with van der Waals surface area (Å²) in [6, 6.07) is 20.6. The Hall–Kier alpha value is -2.79. The molecule has 1 N–H and O–H groups in total. The average molecular weight is 393 g/mol. The van der Waals surface area contributed by atoms with Crippen molar-refractivity contribution in [3.05, 3.63) is 82.0 Å². The van der Waals surface area contributed by atoms with Gasteiger partial charge in [-0.1, -0.05) is 36.4 Å². The maximum Gasteiger partial charge on any atom is 0.224 e. The van der Waals surface area contributed by atoms with Gasteiger partial charge in [-0.3, -0.25) is 4.79 Å². The molecule has 4 nitrogen and oxygen atoms in total. The van der Waals surface area contributed by atoms with Gasteiger partial charge in [0.1, 0.15) is 5.75 Å². The highest BCUT2D eigenvalue weighted by molar-refractivity contribution is 7.10. The van der Waals surface area contributed by atoms with E-state index in [1.807, 2.05) is 24.3 Å². The van der Waals surface area contributed by atoms with Gasteiger partial charge in [-0.25, -0.2) is 0 Å². The fraction of sp³-hybridized carbons (Fsp3) is 0.261. The number of carbonyl (C=O) groups is 1. The molecule has 1 unspecified atom stereocenters. The SMILES string of the molecule is COc1ccc(CC(=O)NCC(c2cccs2)N2CCc3ccccc32)cc1. The number of nitrogens with zero attached hydrogens (tertiary/aromatic N) is 1. The average Bonchev–Trinajstić information content (AvgIpc) is 3.40. The Kier molecular flexibility index (Phi) is 5.63. The van der Waals surface area contributed by atoms with Crippen LogP contribution in [0.15, 0.2) is 66.0 Å². The van der Waals surface area contributed by atoms with Crippen LogP contribution in [0.2, 0.25) is 0 Å². The summed E-state index contributed by atoms with van der Waals surface area (Å²) in [5.74, 6) is 0.842. The van der Waals surface area contributed by atoms with Crippen molar-refractivity contribution in [1.29, 1.82) is 0 Å². The van der Waals surface area contributed by atoms with Crippen molar-refractivity contribution < 1.29 is 9.53 Å². The van der Waals surface area contributed by atoms with Gasteiger partial charge in [-0.15, -0.1) is 11.3 Å². The molecule has 0 radical (unpaired) electrons. The number of methoxy groups -OCH3 is 1. The first-order valence-corrected chi connectivity index (χ1v) is 10.4. The van der Waals surface area contributed by atoms with Crippen molar-refractivity contribution in [3.63, 3.8) is 0 Å². The summed E-state index contributed by atoms with van der Waals surface area (Å²) in [6.45, 7) is 1.58. The van der Waals surface area contributed by atoms with Crippen molar-refractivity contribution >= 4 is 22.9 Å². The number of benzene rings is 2. The largest absolute Gasteiger partial charge is 0.497 e. The first kappa shape index (κ1) is 18.6. The highest BCUT2D eigenvalue weighted by Crippen LogP contribution is 2.36. The van der Waals surface area contributed by atoms with Crippen molar-refractivity contribution in [3.8, 4) is 5.75 Å². The van der Waals surface area contributed by atoms with Gasteiger partial charge in [0.05, 0.1) is 19.6 Å². The Morgan fingerprint density at radius 1 is 1.14 bits per heavy atom. The van der Waals surface area contributed by atoms with Gasteiger partial charge in [0.15, 0.2) is 0 Å². The molecule has 2 heterocycles. The monoisotopic (exact) mass is 392 g/mol. The number of nitrogens with one attached hydrogen (secondary N) is 1. The number of amides is 1. The first-order chi connectivity index (χ1) is 13.7. The zero-order valence-corrected chi connectivity index (χ0v) is 16.7. The predicted octanol–water partition coefficient (Wildman–Crippen LogP) is 4.22. The summed E-state index contributed by atoms with van der Waals surface area (Å²) in [5.41, 5.74) is 3.65. The van der Waals surface area contributed by atoms with E-state index < -0.39 is 0 Å². The van der Waals surface area contributed by atoms with Crippen molar-refractivity contribution in [2.45, 2.75) is 18.9 Å². The third-order valence-electron chi connectivity index (χ3n) is 5.19. The second-order valence-corrected chi connectivity index (χ2v) is 7.91. The minimum atomic E-state index is 0.0409. The fourth-order valence-corrected chi connectivity index (χ4v) is 4.57. The molecule has 1 aromatic heterocycles. The van der Waals surface area contributed by atoms with Crippen LogP contribution in [0.25, 0.3) is 0 Å². The summed E-state index contributed by atoms with van der Waals surface area (Å²) in [5, 5.41) is 5.25. The van der Waals surface area contributed by atoms with E-state index in [2.05, 4.69) is 52.0 Å². The fourth-order valence-electron chi connectivity index (χ4n) is 3.73. The van der Waals surface area contributed by atoms with Crippen molar-refractivity contribution in [2.75, 3.05) is 25.1 Å². The van der Waals surface area contributed by atoms with Crippen LogP contribution in [0.4, 0.5) is 5.69 Å². The molecular formula is C23H24N2O2S. The molecule has 1 aliphatic rings. The van der Waals surface area contributed by atoms with Gasteiger partial charge in [0.25, 0.3) is 0 Å². The highest BCUT2D eigenvalue weighted by Gasteiger charge is 2.27. The third kappa shape index (κ3) is 4.04. The summed E-state index contributed by atoms with van der Waals surface area (Å²) < 4.78 is 5.18. The summed E-state index contributed by atoms with van der Waals surface area (Å²) in [7, 11) is 1.64. The molecule has 2 aromatic carbocycles. The minimum Gasteiger partial charge on any atom is -0.497 e. The van der Waals surface area contributed by atoms with E-state index in [0.29, 0.717) is 13.0 Å². The number of carbonyl (C=O) groups excluding carboxylic acids is 1. The standard InChI is InChI=1S/C23H24N2O2S/c1-27-19-10-8-17(9-11-19)15-23(26)24-16-21(22-7-4-14-28-22)25-13-12-18-5-2-3-6-20(18)25/h2-11,14,21H,12-13,15-16H2,1H3,(H,24,26). The van der Waals surface area contributed by atoms with Crippen LogP contribution < -0.4 is 15.0 Å². The van der Waals surface area contributed by atoms with Crippen LogP contribution in [0.3, 0.4) is 0 Å². The molecule has 0 spiro atoms. The number of para-hydroxylation sites is 1. The Labute approximate surface area is 169 Å². The lowest BCUT2D eigenvalue weighted by molar-refractivity contribution is -0.120. The van der Waals surface area contributed by atoms with Crippen LogP contribution in [0.1, 0.15) is 22.0 Å². The number of hydrogen-bond donors (Lipinski definition) is 1. The van der Waals surface area contributed by atoms with Crippen LogP contribution in [-0.4, -0.2) is 26.1 Å². The van der Waals surface area contributed by atoms with Crippen LogP contribution in [-0.2, 0) is 17.6 Å². The molecule has 1 amide bonds. The lowest BCUT2D eigenvalue weighted by atomic mass is 10.1. The second kappa shape index (κ2) is 8.48. The van der Waals surface area contributed by atoms with Gasteiger partial charge in [0, 0.05) is 23.7 Å². The zero-order valence-electron chi connectivity index (χ0n) is 15.9. The topological polar surface area (TPSA) is 41.6 Å². The van der Waals surface area contributed by atoms with E-state index in [9.17, 15) is 4.79 Å². The molecule has 1 atom stereocenters. The van der Waals surface area contributed by atoms with E-state index in [1.165, 1.54) is 16.1 Å². The maximum atomic E-state index is 12.5. The van der Waals surface area contributed by atoms with Gasteiger partial charge in [-0.05, 0) is 47.2 Å². The van der Waals surface area contributed by atoms with E-state index in [4.69, 9.17) is 4.74 Å². The van der Waals surface area contributed by atoms with Gasteiger partial charge in [-0.2, -0.15) is 0 Å². The molecule has 144 valence electrons. The summed E-state index contributed by atoms with van der Waals surface area (Å²) in [6.07, 6.45) is 1.43. The van der Waals surface area contributed by atoms with Crippen molar-refractivity contribution in [1.82, 2.24) is 5.32 Å². The highest BCUT2D eigenvalue weighted by atomic mass is 32.1. The molecule has 5 heteroatoms. The number of hydrogen-bond acceptors (Lipinski definition) is 4. The molecule has 0 saturated heterocycles. The molecule has 4 rings (SSSR count). The third-order valence-corrected chi connectivity index (χ3v) is 6.16. The minimum absolute atomic E-state index is 0.0409. The summed E-state index contributed by atoms with van der Waals surface area (Å²) in [4.78, 5) is 16.2. The quantitative estimate of drug-likeness (QED) is 0.655. The van der Waals surface area contributed by atoms with Gasteiger partial charge in [0.2, 0.25) is 5.91 Å². The molecule has 0 bridgehead atoms. The smallest absolute Gasteiger partial charge is 0.224 e. The van der Waals surface area contributed by atoms with E-state index in [0.717, 1.165) is 24.3 Å². The molecule has 3 aromatic rings. The van der Waals surface area contributed by atoms with Crippen molar-refractivity contribution in [2.24, 2.45) is 0 Å². The molecular weight excluding hydrogens is 368 g/mol. The van der Waals surface area contributed by atoms with Crippen LogP contribution in [0.5, 0.6) is 5.75 Å². The molecule has 0 saturated carbocycles. The summed E-state index contributed by atoms with van der Waals surface area (Å²) >= 11 is 1.75. The Balaban J connectivity index is 1.44. The van der Waals surface area contributed by atoms with Gasteiger partial charge < -0.3 is 15.0 Å². The predicted molar refractivity (Wildman–Crippen MR) is 114 cm³/mol. The number of thiophene rings is 1. The number of fused-ring (bicyclic) bond motifs is 1. The molecule has 0 aliphatic carbocycles. The maximum absolute atomic E-state index is 12.5. The molecule has 0 fully saturated rings. The Morgan fingerprint density at radius 2 is 1.96 bits per heavy atom. The normalized spacial score (nSPS) is 13.8. The van der Waals surface area contributed by atoms with Crippen LogP contribution in [0, 0.1) is 0 Å². The van der Waals surface area contributed by atoms with E-state index >= 15 is 0 Å². The van der Waals surface area contributed by atoms with Gasteiger partial charge >= 0.3 is 0 Å². The van der Waals surface area contributed by atoms with E-state index in [-0.39, 0.29) is 11.9 Å². The Bertz CT molecular complexity index is 922. The molecule has 1 aliphatic heterocycles. The zero-order chi connectivity index (χ0) is 19.3. The van der Waals surface area contributed by atoms with Crippen LogP contribution >= 0.6 is 11.3 Å². The lowest BCUT2D eigenvalue weighted by Gasteiger charge is -2.30. The number of anilines is 1. The number of ether oxygens (including phenoxy) is 1. The second-order valence-electron chi connectivity index (χ2n) is 6.93.